The smallest absolute Gasteiger partial charge is 0.332 e. The standard InChI is InChI=1S/C9H18O3S/c1-4-7(2)12-8(9(10)11)5-6-13-3/h7-8H,4-6H2,1-3H3,(H,10,11). The molecule has 2 atom stereocenters. The number of rotatable bonds is 7. The highest BCUT2D eigenvalue weighted by atomic mass is 32.2. The molecule has 0 aliphatic rings. The third-order valence-corrected chi connectivity index (χ3v) is 2.48. The number of hydrogen-bond acceptors (Lipinski definition) is 3. The molecule has 13 heavy (non-hydrogen) atoms. The van der Waals surface area contributed by atoms with Crippen molar-refractivity contribution in [3.05, 3.63) is 0 Å². The molecule has 0 aromatic carbocycles. The van der Waals surface area contributed by atoms with Gasteiger partial charge < -0.3 is 9.84 Å². The molecule has 0 bridgehead atoms. The van der Waals surface area contributed by atoms with Gasteiger partial charge in [-0.15, -0.1) is 0 Å². The minimum atomic E-state index is -0.852. The summed E-state index contributed by atoms with van der Waals surface area (Å²) in [5, 5.41) is 8.81. The predicted octanol–water partition coefficient (Wildman–Crippen LogP) is 2.01. The van der Waals surface area contributed by atoms with Crippen molar-refractivity contribution in [3.8, 4) is 0 Å². The number of thioether (sulfide) groups is 1. The fourth-order valence-electron chi connectivity index (χ4n) is 0.851. The van der Waals surface area contributed by atoms with E-state index in [9.17, 15) is 4.79 Å². The van der Waals surface area contributed by atoms with Crippen LogP contribution in [0.15, 0.2) is 0 Å². The van der Waals surface area contributed by atoms with E-state index in [1.54, 1.807) is 11.8 Å². The lowest BCUT2D eigenvalue weighted by Crippen LogP contribution is -2.28. The van der Waals surface area contributed by atoms with Gasteiger partial charge in [-0.2, -0.15) is 11.8 Å². The largest absolute Gasteiger partial charge is 0.479 e. The first-order valence-corrected chi connectivity index (χ1v) is 5.88. The molecule has 0 aliphatic heterocycles. The molecule has 2 unspecified atom stereocenters. The zero-order chi connectivity index (χ0) is 10.3. The first-order chi connectivity index (χ1) is 6.11. The second kappa shape index (κ2) is 7.21. The summed E-state index contributed by atoms with van der Waals surface area (Å²) in [5.74, 6) is -0.0257. The summed E-state index contributed by atoms with van der Waals surface area (Å²) >= 11 is 1.64. The Bertz CT molecular complexity index is 150. The van der Waals surface area contributed by atoms with Crippen LogP contribution >= 0.6 is 11.8 Å². The van der Waals surface area contributed by atoms with E-state index >= 15 is 0 Å². The molecule has 0 heterocycles. The number of aliphatic carboxylic acids is 1. The Hall–Kier alpha value is -0.220. The Morgan fingerprint density at radius 1 is 1.62 bits per heavy atom. The minimum absolute atomic E-state index is 0.0305. The van der Waals surface area contributed by atoms with Gasteiger partial charge in [-0.3, -0.25) is 0 Å². The van der Waals surface area contributed by atoms with Gasteiger partial charge >= 0.3 is 5.97 Å². The van der Waals surface area contributed by atoms with Crippen LogP contribution in [0.2, 0.25) is 0 Å². The highest BCUT2D eigenvalue weighted by Crippen LogP contribution is 2.09. The molecule has 0 radical (unpaired) electrons. The molecule has 0 aromatic heterocycles. The van der Waals surface area contributed by atoms with E-state index < -0.39 is 12.1 Å². The van der Waals surface area contributed by atoms with Crippen LogP contribution in [0, 0.1) is 0 Å². The first kappa shape index (κ1) is 12.8. The zero-order valence-corrected chi connectivity index (χ0v) is 9.26. The lowest BCUT2D eigenvalue weighted by molar-refractivity contribution is -0.153. The molecule has 4 heteroatoms. The minimum Gasteiger partial charge on any atom is -0.479 e. The predicted molar refractivity (Wildman–Crippen MR) is 55.3 cm³/mol. The number of carboxylic acids is 1. The van der Waals surface area contributed by atoms with Gasteiger partial charge in [0.25, 0.3) is 0 Å². The van der Waals surface area contributed by atoms with Crippen molar-refractivity contribution in [1.82, 2.24) is 0 Å². The van der Waals surface area contributed by atoms with Crippen molar-refractivity contribution in [2.45, 2.75) is 38.9 Å². The number of carboxylic acid groups (broad SMARTS) is 1. The van der Waals surface area contributed by atoms with E-state index in [2.05, 4.69) is 0 Å². The van der Waals surface area contributed by atoms with Gasteiger partial charge in [0, 0.05) is 0 Å². The average molecular weight is 206 g/mol. The van der Waals surface area contributed by atoms with Gasteiger partial charge in [0.15, 0.2) is 6.10 Å². The van der Waals surface area contributed by atoms with Crippen LogP contribution in [0.4, 0.5) is 0 Å². The number of carbonyl (C=O) groups is 1. The third kappa shape index (κ3) is 5.93. The van der Waals surface area contributed by atoms with Crippen LogP contribution in [0.25, 0.3) is 0 Å². The van der Waals surface area contributed by atoms with E-state index in [0.717, 1.165) is 12.2 Å². The van der Waals surface area contributed by atoms with E-state index in [-0.39, 0.29) is 6.10 Å². The Labute approximate surface area is 83.9 Å². The van der Waals surface area contributed by atoms with Crippen molar-refractivity contribution in [3.63, 3.8) is 0 Å². The maximum Gasteiger partial charge on any atom is 0.332 e. The second-order valence-electron chi connectivity index (χ2n) is 2.96. The second-order valence-corrected chi connectivity index (χ2v) is 3.95. The van der Waals surface area contributed by atoms with E-state index in [4.69, 9.17) is 9.84 Å². The molecule has 0 aromatic rings. The molecular formula is C9H18O3S. The summed E-state index contributed by atoms with van der Waals surface area (Å²) in [6.07, 6.45) is 2.79. The van der Waals surface area contributed by atoms with Crippen LogP contribution in [-0.4, -0.2) is 35.3 Å². The Morgan fingerprint density at radius 2 is 2.23 bits per heavy atom. The van der Waals surface area contributed by atoms with Crippen molar-refractivity contribution in [2.75, 3.05) is 12.0 Å². The van der Waals surface area contributed by atoms with Crippen LogP contribution in [0.3, 0.4) is 0 Å². The summed E-state index contributed by atoms with van der Waals surface area (Å²) in [5.41, 5.74) is 0. The van der Waals surface area contributed by atoms with Crippen molar-refractivity contribution >= 4 is 17.7 Å². The maximum atomic E-state index is 10.7. The monoisotopic (exact) mass is 206 g/mol. The summed E-state index contributed by atoms with van der Waals surface area (Å²) < 4.78 is 5.35. The van der Waals surface area contributed by atoms with Gasteiger partial charge in [0.2, 0.25) is 0 Å². The van der Waals surface area contributed by atoms with Crippen LogP contribution in [-0.2, 0) is 9.53 Å². The first-order valence-electron chi connectivity index (χ1n) is 4.49. The SMILES string of the molecule is CCC(C)OC(CCSC)C(=O)O. The summed E-state index contributed by atoms with van der Waals surface area (Å²) in [6.45, 7) is 3.88. The van der Waals surface area contributed by atoms with Gasteiger partial charge in [-0.1, -0.05) is 6.92 Å². The quantitative estimate of drug-likeness (QED) is 0.692. The molecule has 0 aliphatic carbocycles. The summed E-state index contributed by atoms with van der Waals surface area (Å²) in [4.78, 5) is 10.7. The molecule has 1 N–H and O–H groups in total. The van der Waals surface area contributed by atoms with Crippen LogP contribution < -0.4 is 0 Å². The van der Waals surface area contributed by atoms with E-state index in [0.29, 0.717) is 6.42 Å². The normalized spacial score (nSPS) is 15.3. The molecular weight excluding hydrogens is 188 g/mol. The molecule has 0 amide bonds. The van der Waals surface area contributed by atoms with Gasteiger partial charge in [-0.25, -0.2) is 4.79 Å². The Balaban J connectivity index is 3.87. The lowest BCUT2D eigenvalue weighted by atomic mass is 10.2. The van der Waals surface area contributed by atoms with Crippen LogP contribution in [0.1, 0.15) is 26.7 Å². The van der Waals surface area contributed by atoms with Crippen molar-refractivity contribution in [1.29, 1.82) is 0 Å². The average Bonchev–Trinajstić information content (AvgIpc) is 2.11. The highest BCUT2D eigenvalue weighted by Gasteiger charge is 2.19. The van der Waals surface area contributed by atoms with Gasteiger partial charge in [-0.05, 0) is 31.8 Å². The molecule has 0 rings (SSSR count). The molecule has 0 spiro atoms. The third-order valence-electron chi connectivity index (χ3n) is 1.83. The van der Waals surface area contributed by atoms with Crippen molar-refractivity contribution in [2.24, 2.45) is 0 Å². The maximum absolute atomic E-state index is 10.7. The molecule has 0 saturated heterocycles. The topological polar surface area (TPSA) is 46.5 Å². The summed E-state index contributed by atoms with van der Waals surface area (Å²) in [7, 11) is 0. The number of hydrogen-bond donors (Lipinski definition) is 1. The van der Waals surface area contributed by atoms with E-state index in [1.807, 2.05) is 20.1 Å². The van der Waals surface area contributed by atoms with E-state index in [1.165, 1.54) is 0 Å². The Morgan fingerprint density at radius 3 is 2.62 bits per heavy atom. The Kier molecular flexibility index (Phi) is 7.09. The zero-order valence-electron chi connectivity index (χ0n) is 8.45. The summed E-state index contributed by atoms with van der Waals surface area (Å²) in [6, 6.07) is 0. The van der Waals surface area contributed by atoms with Crippen molar-refractivity contribution < 1.29 is 14.6 Å². The molecule has 78 valence electrons. The fraction of sp³-hybridized carbons (Fsp3) is 0.889. The fourth-order valence-corrected chi connectivity index (χ4v) is 1.30. The lowest BCUT2D eigenvalue weighted by Gasteiger charge is -2.17. The molecule has 0 fully saturated rings. The molecule has 3 nitrogen and oxygen atoms in total. The van der Waals surface area contributed by atoms with Crippen LogP contribution in [0.5, 0.6) is 0 Å². The van der Waals surface area contributed by atoms with Gasteiger partial charge in [0.05, 0.1) is 6.10 Å². The van der Waals surface area contributed by atoms with Gasteiger partial charge in [0.1, 0.15) is 0 Å². The number of ether oxygens (including phenoxy) is 1. The highest BCUT2D eigenvalue weighted by molar-refractivity contribution is 7.98. The molecule has 0 saturated carbocycles.